The van der Waals surface area contributed by atoms with Gasteiger partial charge < -0.3 is 5.43 Å². The second-order valence-electron chi connectivity index (χ2n) is 3.42. The van der Waals surface area contributed by atoms with Crippen LogP contribution in [0.15, 0.2) is 52.1 Å². The van der Waals surface area contributed by atoms with Gasteiger partial charge in [-0.05, 0) is 12.1 Å². The van der Waals surface area contributed by atoms with E-state index in [1.54, 1.807) is 24.5 Å². The fourth-order valence-electron chi connectivity index (χ4n) is 1.30. The van der Waals surface area contributed by atoms with Crippen LogP contribution in [0, 0.1) is 0 Å². The first kappa shape index (κ1) is 11.1. The molecule has 1 aliphatic rings. The predicted octanol–water partition coefficient (Wildman–Crippen LogP) is 0.918. The number of aliphatic imine (C=N–C) groups is 2. The summed E-state index contributed by atoms with van der Waals surface area (Å²) in [5.74, 6) is -0.182. The molecule has 0 atom stereocenters. The molecule has 1 aliphatic heterocycles. The van der Waals surface area contributed by atoms with E-state index in [1.807, 2.05) is 18.2 Å². The van der Waals surface area contributed by atoms with E-state index in [4.69, 9.17) is 0 Å². The van der Waals surface area contributed by atoms with Crippen molar-refractivity contribution in [3.8, 4) is 0 Å². The molecule has 17 heavy (non-hydrogen) atoms. The van der Waals surface area contributed by atoms with E-state index in [-0.39, 0.29) is 5.91 Å². The van der Waals surface area contributed by atoms with E-state index in [2.05, 4.69) is 20.8 Å². The highest BCUT2D eigenvalue weighted by Gasteiger charge is 2.02. The van der Waals surface area contributed by atoms with E-state index >= 15 is 0 Å². The van der Waals surface area contributed by atoms with Gasteiger partial charge >= 0.3 is 0 Å². The number of amides is 1. The highest BCUT2D eigenvalue weighted by atomic mass is 16.2. The van der Waals surface area contributed by atoms with Crippen LogP contribution in [0.4, 0.5) is 0 Å². The van der Waals surface area contributed by atoms with Crippen molar-refractivity contribution < 1.29 is 4.79 Å². The van der Waals surface area contributed by atoms with E-state index in [9.17, 15) is 4.79 Å². The van der Waals surface area contributed by atoms with Crippen molar-refractivity contribution in [2.75, 3.05) is 6.54 Å². The molecular formula is C12H12N4O. The normalized spacial score (nSPS) is 15.9. The summed E-state index contributed by atoms with van der Waals surface area (Å²) in [7, 11) is 0. The Bertz CT molecular complexity index is 477. The van der Waals surface area contributed by atoms with Crippen molar-refractivity contribution in [3.63, 3.8) is 0 Å². The van der Waals surface area contributed by atoms with Crippen LogP contribution in [0.25, 0.3) is 0 Å². The summed E-state index contributed by atoms with van der Waals surface area (Å²) in [5.41, 5.74) is 6.80. The molecule has 0 bridgehead atoms. The van der Waals surface area contributed by atoms with E-state index in [0.29, 0.717) is 12.1 Å². The Labute approximate surface area is 98.9 Å². The molecule has 2 N–H and O–H groups in total. The van der Waals surface area contributed by atoms with Gasteiger partial charge in [-0.2, -0.15) is 0 Å². The van der Waals surface area contributed by atoms with E-state index < -0.39 is 0 Å². The number of hydrogen-bond donors (Lipinski definition) is 2. The smallest absolute Gasteiger partial charge is 0.269 e. The zero-order valence-corrected chi connectivity index (χ0v) is 9.13. The fraction of sp³-hybridized carbons (Fsp3) is 0.0833. The zero-order valence-electron chi connectivity index (χ0n) is 9.13. The highest BCUT2D eigenvalue weighted by Crippen LogP contribution is 1.97. The lowest BCUT2D eigenvalue weighted by Crippen LogP contribution is -2.34. The maximum absolute atomic E-state index is 11.6. The molecular weight excluding hydrogens is 216 g/mol. The first-order chi connectivity index (χ1) is 8.36. The number of nitrogens with zero attached hydrogens (tertiary/aromatic N) is 2. The molecule has 0 saturated carbocycles. The van der Waals surface area contributed by atoms with Crippen molar-refractivity contribution in [1.82, 2.24) is 10.9 Å². The number of benzene rings is 1. The van der Waals surface area contributed by atoms with Crippen LogP contribution in [-0.4, -0.2) is 25.0 Å². The molecule has 0 aromatic heterocycles. The van der Waals surface area contributed by atoms with Crippen LogP contribution in [-0.2, 0) is 0 Å². The largest absolute Gasteiger partial charge is 0.305 e. The van der Waals surface area contributed by atoms with Crippen LogP contribution in [0.3, 0.4) is 0 Å². The summed E-state index contributed by atoms with van der Waals surface area (Å²) in [6.07, 6.45) is 4.86. The van der Waals surface area contributed by atoms with Gasteiger partial charge in [0.1, 0.15) is 6.34 Å². The molecule has 0 aliphatic carbocycles. The lowest BCUT2D eigenvalue weighted by Gasteiger charge is -2.06. The summed E-state index contributed by atoms with van der Waals surface area (Å²) < 4.78 is 0. The molecule has 5 heteroatoms. The summed E-state index contributed by atoms with van der Waals surface area (Å²) in [6, 6.07) is 8.99. The molecule has 2 rings (SSSR count). The number of carbonyl (C=O) groups is 1. The van der Waals surface area contributed by atoms with Crippen molar-refractivity contribution in [2.24, 2.45) is 9.98 Å². The fourth-order valence-corrected chi connectivity index (χ4v) is 1.30. The molecule has 0 saturated heterocycles. The maximum Gasteiger partial charge on any atom is 0.269 e. The number of hydrazine groups is 1. The van der Waals surface area contributed by atoms with Crippen molar-refractivity contribution in [1.29, 1.82) is 0 Å². The van der Waals surface area contributed by atoms with Crippen LogP contribution >= 0.6 is 0 Å². The Morgan fingerprint density at radius 3 is 2.82 bits per heavy atom. The van der Waals surface area contributed by atoms with Crippen LogP contribution in [0.1, 0.15) is 10.4 Å². The molecule has 5 nitrogen and oxygen atoms in total. The lowest BCUT2D eigenvalue weighted by molar-refractivity contribution is 0.0941. The minimum atomic E-state index is -0.182. The monoisotopic (exact) mass is 228 g/mol. The first-order valence-corrected chi connectivity index (χ1v) is 5.18. The molecule has 1 heterocycles. The van der Waals surface area contributed by atoms with Crippen LogP contribution in [0.5, 0.6) is 0 Å². The zero-order chi connectivity index (χ0) is 11.9. The van der Waals surface area contributed by atoms with Crippen molar-refractivity contribution in [2.45, 2.75) is 0 Å². The minimum Gasteiger partial charge on any atom is -0.305 e. The van der Waals surface area contributed by atoms with Crippen molar-refractivity contribution in [3.05, 3.63) is 47.7 Å². The molecule has 1 aromatic carbocycles. The summed E-state index contributed by atoms with van der Waals surface area (Å²) >= 11 is 0. The first-order valence-electron chi connectivity index (χ1n) is 5.18. The number of hydrogen-bond acceptors (Lipinski definition) is 4. The maximum atomic E-state index is 11.6. The molecule has 0 radical (unpaired) electrons. The average Bonchev–Trinajstić information content (AvgIpc) is 2.41. The van der Waals surface area contributed by atoms with Gasteiger partial charge in [0, 0.05) is 23.6 Å². The number of rotatable bonds is 3. The van der Waals surface area contributed by atoms with Gasteiger partial charge in [-0.1, -0.05) is 18.2 Å². The standard InChI is InChI=1S/C12H12N4O/c17-12(11-4-2-1-3-5-11)16-15-8-10-6-13-9-14-7-10/h1-6,8-9,15H,7H2,(H,16,17). The van der Waals surface area contributed by atoms with Gasteiger partial charge in [0.15, 0.2) is 0 Å². The average molecular weight is 228 g/mol. The van der Waals surface area contributed by atoms with Crippen molar-refractivity contribution >= 4 is 18.5 Å². The molecule has 1 amide bonds. The van der Waals surface area contributed by atoms with Gasteiger partial charge in [-0.3, -0.25) is 15.2 Å². The third kappa shape index (κ3) is 3.27. The molecule has 1 aromatic rings. The SMILES string of the molecule is O=C(NNC=C1C=NC=NC1)c1ccccc1. The predicted molar refractivity (Wildman–Crippen MR) is 67.0 cm³/mol. The molecule has 0 fully saturated rings. The molecule has 0 spiro atoms. The Morgan fingerprint density at radius 1 is 1.29 bits per heavy atom. The Balaban J connectivity index is 1.85. The topological polar surface area (TPSA) is 65.8 Å². The Kier molecular flexibility index (Phi) is 3.64. The molecule has 86 valence electrons. The highest BCUT2D eigenvalue weighted by molar-refractivity contribution is 5.94. The van der Waals surface area contributed by atoms with Gasteiger partial charge in [0.05, 0.1) is 6.54 Å². The van der Waals surface area contributed by atoms with Crippen LogP contribution < -0.4 is 10.9 Å². The quantitative estimate of drug-likeness (QED) is 0.755. The second kappa shape index (κ2) is 5.60. The van der Waals surface area contributed by atoms with Gasteiger partial charge in [0.2, 0.25) is 0 Å². The van der Waals surface area contributed by atoms with Gasteiger partial charge in [-0.15, -0.1) is 0 Å². The second-order valence-corrected chi connectivity index (χ2v) is 3.42. The Morgan fingerprint density at radius 2 is 2.12 bits per heavy atom. The van der Waals surface area contributed by atoms with Crippen LogP contribution in [0.2, 0.25) is 0 Å². The Hall–Kier alpha value is -2.43. The van der Waals surface area contributed by atoms with Gasteiger partial charge in [-0.25, -0.2) is 4.99 Å². The number of nitrogens with one attached hydrogen (secondary N) is 2. The molecule has 0 unspecified atom stereocenters. The van der Waals surface area contributed by atoms with E-state index in [1.165, 1.54) is 6.34 Å². The van der Waals surface area contributed by atoms with E-state index in [0.717, 1.165) is 5.57 Å². The third-order valence-electron chi connectivity index (χ3n) is 2.14. The number of carbonyl (C=O) groups excluding carboxylic acids is 1. The minimum absolute atomic E-state index is 0.182. The summed E-state index contributed by atoms with van der Waals surface area (Å²) in [5, 5.41) is 0. The summed E-state index contributed by atoms with van der Waals surface area (Å²) in [6.45, 7) is 0.567. The summed E-state index contributed by atoms with van der Waals surface area (Å²) in [4.78, 5) is 19.5. The lowest BCUT2D eigenvalue weighted by atomic mass is 10.2. The third-order valence-corrected chi connectivity index (χ3v) is 2.14. The van der Waals surface area contributed by atoms with Gasteiger partial charge in [0.25, 0.3) is 5.91 Å².